The molecule has 0 saturated carbocycles. The number of hydrogen-bond donors (Lipinski definition) is 0. The molecule has 1 aliphatic heterocycles. The Hall–Kier alpha value is -3.17. The normalized spacial score (nSPS) is 15.7. The zero-order valence-electron chi connectivity index (χ0n) is 17.4. The van der Waals surface area contributed by atoms with Crippen molar-refractivity contribution in [2.75, 3.05) is 14.4 Å². The van der Waals surface area contributed by atoms with Crippen LogP contribution in [-0.4, -0.2) is 28.5 Å². The molecule has 1 fully saturated rings. The molecule has 0 aromatic heterocycles. The van der Waals surface area contributed by atoms with E-state index in [2.05, 4.69) is 0 Å². The van der Waals surface area contributed by atoms with Crippen LogP contribution in [0.4, 0.5) is 11.4 Å². The van der Waals surface area contributed by atoms with Gasteiger partial charge >= 0.3 is 0 Å². The topological polar surface area (TPSA) is 91.8 Å². The van der Waals surface area contributed by atoms with Crippen molar-refractivity contribution in [3.8, 4) is 0 Å². The predicted molar refractivity (Wildman–Crippen MR) is 123 cm³/mol. The van der Waals surface area contributed by atoms with E-state index in [9.17, 15) is 21.6 Å². The Bertz CT molecular complexity index is 1360. The van der Waals surface area contributed by atoms with Gasteiger partial charge in [0.2, 0.25) is 15.9 Å². The average Bonchev–Trinajstić information content (AvgIpc) is 3.05. The van der Waals surface area contributed by atoms with Gasteiger partial charge < -0.3 is 0 Å². The smallest absolute Gasteiger partial charge is 0.264 e. The van der Waals surface area contributed by atoms with Crippen molar-refractivity contribution < 1.29 is 21.6 Å². The maximum absolute atomic E-state index is 13.7. The van der Waals surface area contributed by atoms with Crippen molar-refractivity contribution in [1.29, 1.82) is 0 Å². The number of benzene rings is 3. The van der Waals surface area contributed by atoms with Crippen molar-refractivity contribution in [2.24, 2.45) is 0 Å². The lowest BCUT2D eigenvalue weighted by Gasteiger charge is -2.26. The molecule has 0 atom stereocenters. The second-order valence-corrected chi connectivity index (χ2v) is 11.3. The van der Waals surface area contributed by atoms with Gasteiger partial charge in [-0.25, -0.2) is 21.1 Å². The van der Waals surface area contributed by atoms with Gasteiger partial charge in [0.05, 0.1) is 28.6 Å². The van der Waals surface area contributed by atoms with E-state index in [0.717, 1.165) is 9.87 Å². The second kappa shape index (κ2) is 8.40. The molecule has 1 saturated heterocycles. The molecule has 7 nitrogen and oxygen atoms in total. The Morgan fingerprint density at radius 2 is 1.56 bits per heavy atom. The van der Waals surface area contributed by atoms with Crippen molar-refractivity contribution in [3.05, 3.63) is 90.0 Å². The number of rotatable bonds is 6. The third kappa shape index (κ3) is 4.13. The first-order valence-electron chi connectivity index (χ1n) is 9.98. The summed E-state index contributed by atoms with van der Waals surface area (Å²) in [7, 11) is -7.72. The second-order valence-electron chi connectivity index (χ2n) is 7.51. The molecule has 1 aliphatic rings. The van der Waals surface area contributed by atoms with E-state index in [4.69, 9.17) is 0 Å². The van der Waals surface area contributed by atoms with Crippen molar-refractivity contribution in [1.82, 2.24) is 0 Å². The molecular formula is C23H22N2O5S2. The van der Waals surface area contributed by atoms with E-state index in [1.165, 1.54) is 22.5 Å². The van der Waals surface area contributed by atoms with E-state index >= 15 is 0 Å². The van der Waals surface area contributed by atoms with Gasteiger partial charge in [-0.2, -0.15) is 0 Å². The Labute approximate surface area is 188 Å². The van der Waals surface area contributed by atoms with Crippen LogP contribution in [0.1, 0.15) is 17.5 Å². The Kier molecular flexibility index (Phi) is 5.79. The van der Waals surface area contributed by atoms with Crippen LogP contribution < -0.4 is 8.61 Å². The Morgan fingerprint density at radius 1 is 0.938 bits per heavy atom. The summed E-state index contributed by atoms with van der Waals surface area (Å²) in [6, 6.07) is 22.2. The van der Waals surface area contributed by atoms with Gasteiger partial charge in [-0.3, -0.25) is 9.10 Å². The maximum atomic E-state index is 13.7. The number of carbonyl (C=O) groups is 1. The first-order chi connectivity index (χ1) is 15.2. The number of nitrogens with zero attached hydrogens (tertiary/aromatic N) is 2. The molecule has 0 N–H and O–H groups in total. The Balaban J connectivity index is 1.77. The monoisotopic (exact) mass is 470 g/mol. The number of hydrogen-bond acceptors (Lipinski definition) is 5. The van der Waals surface area contributed by atoms with Gasteiger partial charge in [-0.1, -0.05) is 48.5 Å². The quantitative estimate of drug-likeness (QED) is 0.550. The van der Waals surface area contributed by atoms with Crippen molar-refractivity contribution in [3.63, 3.8) is 0 Å². The molecule has 0 spiro atoms. The molecule has 0 aliphatic carbocycles. The number of aryl methyl sites for hydroxylation is 1. The molecule has 1 heterocycles. The number of para-hydroxylation sites is 1. The number of carbonyl (C=O) groups excluding carboxylic acids is 1. The number of sulfonamides is 2. The molecule has 1 amide bonds. The summed E-state index contributed by atoms with van der Waals surface area (Å²) in [6.07, 6.45) is -0.0830. The minimum absolute atomic E-state index is 0.0464. The fourth-order valence-corrected chi connectivity index (χ4v) is 6.81. The van der Waals surface area contributed by atoms with Gasteiger partial charge in [-0.05, 0) is 48.4 Å². The van der Waals surface area contributed by atoms with Crippen molar-refractivity contribution >= 4 is 37.3 Å². The lowest BCUT2D eigenvalue weighted by Crippen LogP contribution is -2.32. The van der Waals surface area contributed by atoms with E-state index in [1.54, 1.807) is 31.2 Å². The predicted octanol–water partition coefficient (Wildman–Crippen LogP) is 3.46. The van der Waals surface area contributed by atoms with Crippen LogP contribution in [-0.2, 0) is 31.4 Å². The van der Waals surface area contributed by atoms with Crippen LogP contribution in [0.2, 0.25) is 0 Å². The molecule has 9 heteroatoms. The third-order valence-corrected chi connectivity index (χ3v) is 8.88. The van der Waals surface area contributed by atoms with E-state index in [0.29, 0.717) is 11.3 Å². The van der Waals surface area contributed by atoms with Crippen LogP contribution >= 0.6 is 0 Å². The molecule has 0 unspecified atom stereocenters. The van der Waals surface area contributed by atoms with Crippen LogP contribution in [0, 0.1) is 6.92 Å². The van der Waals surface area contributed by atoms with Gasteiger partial charge in [0.25, 0.3) is 10.0 Å². The molecule has 0 radical (unpaired) electrons. The largest absolute Gasteiger partial charge is 0.273 e. The number of amides is 1. The Morgan fingerprint density at radius 3 is 2.12 bits per heavy atom. The summed E-state index contributed by atoms with van der Waals surface area (Å²) in [6.45, 7) is 1.72. The van der Waals surface area contributed by atoms with Gasteiger partial charge in [0.15, 0.2) is 0 Å². The SMILES string of the molecule is Cc1cc(N2C(=O)CCS2(=O)=O)ccc1S(=O)(=O)N(Cc1ccccc1)c1ccccc1. The van der Waals surface area contributed by atoms with E-state index < -0.39 is 26.0 Å². The fraction of sp³-hybridized carbons (Fsp3) is 0.174. The summed E-state index contributed by atoms with van der Waals surface area (Å²) in [5, 5.41) is 0. The average molecular weight is 471 g/mol. The molecule has 3 aromatic carbocycles. The minimum atomic E-state index is -3.99. The summed E-state index contributed by atoms with van der Waals surface area (Å²) in [4.78, 5) is 12.1. The highest BCUT2D eigenvalue weighted by Gasteiger charge is 2.37. The van der Waals surface area contributed by atoms with Crippen LogP contribution in [0.3, 0.4) is 0 Å². The van der Waals surface area contributed by atoms with Crippen LogP contribution in [0.25, 0.3) is 0 Å². The third-order valence-electron chi connectivity index (χ3n) is 5.25. The maximum Gasteiger partial charge on any atom is 0.264 e. The number of anilines is 2. The lowest BCUT2D eigenvalue weighted by molar-refractivity contribution is -0.116. The van der Waals surface area contributed by atoms with Crippen LogP contribution in [0.5, 0.6) is 0 Å². The van der Waals surface area contributed by atoms with Crippen LogP contribution in [0.15, 0.2) is 83.8 Å². The zero-order chi connectivity index (χ0) is 22.9. The standard InChI is InChI=1S/C23H22N2O5S2/c1-18-16-21(25-23(26)14-15-31(25,27)28)12-13-22(18)32(29,30)24(20-10-6-3-7-11-20)17-19-8-4-2-5-9-19/h2-13,16H,14-15,17H2,1H3. The van der Waals surface area contributed by atoms with Gasteiger partial charge in [0.1, 0.15) is 0 Å². The first-order valence-corrected chi connectivity index (χ1v) is 13.0. The summed E-state index contributed by atoms with van der Waals surface area (Å²) in [5.74, 6) is -0.765. The zero-order valence-corrected chi connectivity index (χ0v) is 19.0. The fourth-order valence-electron chi connectivity index (χ4n) is 3.70. The van der Waals surface area contributed by atoms with E-state index in [-0.39, 0.29) is 29.3 Å². The minimum Gasteiger partial charge on any atom is -0.273 e. The van der Waals surface area contributed by atoms with Crippen molar-refractivity contribution in [2.45, 2.75) is 24.8 Å². The van der Waals surface area contributed by atoms with Gasteiger partial charge in [-0.15, -0.1) is 0 Å². The molecule has 0 bridgehead atoms. The lowest BCUT2D eigenvalue weighted by atomic mass is 10.2. The van der Waals surface area contributed by atoms with E-state index in [1.807, 2.05) is 36.4 Å². The highest BCUT2D eigenvalue weighted by Crippen LogP contribution is 2.32. The molecule has 3 aromatic rings. The first kappa shape index (κ1) is 22.0. The summed E-state index contributed by atoms with van der Waals surface area (Å²) < 4.78 is 54.0. The van der Waals surface area contributed by atoms with Gasteiger partial charge in [0, 0.05) is 6.42 Å². The highest BCUT2D eigenvalue weighted by molar-refractivity contribution is 7.94. The molecule has 32 heavy (non-hydrogen) atoms. The highest BCUT2D eigenvalue weighted by atomic mass is 32.2. The molecule has 166 valence electrons. The summed E-state index contributed by atoms with van der Waals surface area (Å²) in [5.41, 5.74) is 1.84. The molecule has 4 rings (SSSR count). The molecular weight excluding hydrogens is 448 g/mol. The summed E-state index contributed by atoms with van der Waals surface area (Å²) >= 11 is 0.